The zero-order valence-corrected chi connectivity index (χ0v) is 9.13. The van der Waals surface area contributed by atoms with Crippen LogP contribution >= 0.6 is 0 Å². The average Bonchev–Trinajstić information content (AvgIpc) is 2.19. The predicted molar refractivity (Wildman–Crippen MR) is 51.5 cm³/mol. The van der Waals surface area contributed by atoms with Gasteiger partial charge in [0.05, 0.1) is 19.6 Å². The highest BCUT2D eigenvalue weighted by Crippen LogP contribution is 2.29. The number of pyridine rings is 1. The topological polar surface area (TPSA) is 55.1 Å². The Hall–Kier alpha value is -1.97. The molecule has 0 radical (unpaired) electrons. The Labute approximate surface area is 95.6 Å². The van der Waals surface area contributed by atoms with Gasteiger partial charge < -0.3 is 9.47 Å². The summed E-state index contributed by atoms with van der Waals surface area (Å²) in [6, 6.07) is 2.89. The number of methoxy groups -OCH3 is 1. The van der Waals surface area contributed by atoms with E-state index in [1.165, 1.54) is 14.0 Å². The molecular formula is C10H9F3N2O2. The monoisotopic (exact) mass is 246 g/mol. The second kappa shape index (κ2) is 4.91. The third-order valence-electron chi connectivity index (χ3n) is 1.96. The first-order chi connectivity index (χ1) is 7.87. The third-order valence-corrected chi connectivity index (χ3v) is 1.96. The highest BCUT2D eigenvalue weighted by molar-refractivity contribution is 5.41. The van der Waals surface area contributed by atoms with Crippen LogP contribution in [0.1, 0.15) is 11.3 Å². The molecule has 0 saturated carbocycles. The molecule has 0 fully saturated rings. The van der Waals surface area contributed by atoms with Crippen LogP contribution in [-0.2, 0) is 6.42 Å². The van der Waals surface area contributed by atoms with Gasteiger partial charge in [-0.1, -0.05) is 0 Å². The Bertz CT molecular complexity index is 452. The summed E-state index contributed by atoms with van der Waals surface area (Å²) in [5, 5.41) is 8.58. The van der Waals surface area contributed by atoms with E-state index in [0.29, 0.717) is 5.56 Å². The first-order valence-corrected chi connectivity index (χ1v) is 4.54. The Morgan fingerprint density at radius 3 is 2.59 bits per heavy atom. The molecule has 1 aromatic heterocycles. The van der Waals surface area contributed by atoms with Gasteiger partial charge >= 0.3 is 6.36 Å². The van der Waals surface area contributed by atoms with Crippen LogP contribution in [0.4, 0.5) is 13.2 Å². The molecule has 0 aliphatic carbocycles. The van der Waals surface area contributed by atoms with E-state index in [-0.39, 0.29) is 17.9 Å². The molecular weight excluding hydrogens is 237 g/mol. The first-order valence-electron chi connectivity index (χ1n) is 4.54. The maximum absolute atomic E-state index is 12.0. The van der Waals surface area contributed by atoms with E-state index in [2.05, 4.69) is 9.72 Å². The summed E-state index contributed by atoms with van der Waals surface area (Å²) < 4.78 is 44.6. The molecule has 1 rings (SSSR count). The maximum Gasteiger partial charge on any atom is 0.574 e. The predicted octanol–water partition coefficient (Wildman–Crippen LogP) is 2.36. The fourth-order valence-corrected chi connectivity index (χ4v) is 1.29. The summed E-state index contributed by atoms with van der Waals surface area (Å²) in [5.74, 6) is -0.452. The lowest BCUT2D eigenvalue weighted by atomic mass is 10.1. The van der Waals surface area contributed by atoms with Gasteiger partial charge in [0.25, 0.3) is 0 Å². The Morgan fingerprint density at radius 1 is 1.47 bits per heavy atom. The van der Waals surface area contributed by atoms with Crippen molar-refractivity contribution < 1.29 is 22.6 Å². The SMILES string of the molecule is COc1cc(OC(F)(F)F)nc(C)c1CC#N. The molecule has 0 spiro atoms. The van der Waals surface area contributed by atoms with Gasteiger partial charge in [-0.2, -0.15) is 5.26 Å². The van der Waals surface area contributed by atoms with Crippen molar-refractivity contribution in [2.24, 2.45) is 0 Å². The van der Waals surface area contributed by atoms with Gasteiger partial charge in [-0.15, -0.1) is 13.2 Å². The summed E-state index contributed by atoms with van der Waals surface area (Å²) in [6.07, 6.45) is -4.80. The minimum atomic E-state index is -4.80. The van der Waals surface area contributed by atoms with Gasteiger partial charge in [0.2, 0.25) is 5.88 Å². The van der Waals surface area contributed by atoms with Crippen molar-refractivity contribution in [3.63, 3.8) is 0 Å². The van der Waals surface area contributed by atoms with E-state index >= 15 is 0 Å². The van der Waals surface area contributed by atoms with Crippen molar-refractivity contribution in [3.05, 3.63) is 17.3 Å². The Kier molecular flexibility index (Phi) is 3.78. The summed E-state index contributed by atoms with van der Waals surface area (Å²) in [4.78, 5) is 3.61. The van der Waals surface area contributed by atoms with E-state index in [1.807, 2.05) is 6.07 Å². The number of alkyl halides is 3. The first kappa shape index (κ1) is 13.1. The fraction of sp³-hybridized carbons (Fsp3) is 0.400. The number of rotatable bonds is 3. The minimum absolute atomic E-state index is 0.00824. The molecule has 0 saturated heterocycles. The molecule has 0 atom stereocenters. The van der Waals surface area contributed by atoms with E-state index in [1.54, 1.807) is 0 Å². The van der Waals surface area contributed by atoms with Crippen LogP contribution in [0.25, 0.3) is 0 Å². The normalized spacial score (nSPS) is 10.8. The standard InChI is InChI=1S/C10H9F3N2O2/c1-6-7(3-4-14)8(16-2)5-9(15-6)17-10(11,12)13/h5H,3H2,1-2H3. The largest absolute Gasteiger partial charge is 0.574 e. The van der Waals surface area contributed by atoms with Crippen LogP contribution in [0.2, 0.25) is 0 Å². The zero-order chi connectivity index (χ0) is 13.1. The lowest BCUT2D eigenvalue weighted by molar-refractivity contribution is -0.276. The van der Waals surface area contributed by atoms with Crippen LogP contribution < -0.4 is 9.47 Å². The molecule has 7 heteroatoms. The second-order valence-electron chi connectivity index (χ2n) is 3.11. The number of nitriles is 1. The molecule has 0 bridgehead atoms. The van der Waals surface area contributed by atoms with Crippen LogP contribution in [-0.4, -0.2) is 18.5 Å². The van der Waals surface area contributed by atoms with Crippen molar-refractivity contribution in [1.29, 1.82) is 5.26 Å². The molecule has 0 N–H and O–H groups in total. The lowest BCUT2D eigenvalue weighted by Crippen LogP contribution is -2.18. The van der Waals surface area contributed by atoms with Crippen LogP contribution in [0.5, 0.6) is 11.6 Å². The Balaban J connectivity index is 3.14. The van der Waals surface area contributed by atoms with Gasteiger partial charge in [-0.3, -0.25) is 0 Å². The van der Waals surface area contributed by atoms with Crippen molar-refractivity contribution in [2.75, 3.05) is 7.11 Å². The molecule has 1 aromatic rings. The fourth-order valence-electron chi connectivity index (χ4n) is 1.29. The second-order valence-corrected chi connectivity index (χ2v) is 3.11. The molecule has 1 heterocycles. The average molecular weight is 246 g/mol. The van der Waals surface area contributed by atoms with E-state index in [4.69, 9.17) is 10.00 Å². The zero-order valence-electron chi connectivity index (χ0n) is 9.13. The van der Waals surface area contributed by atoms with Crippen molar-refractivity contribution in [2.45, 2.75) is 19.7 Å². The smallest absolute Gasteiger partial charge is 0.496 e. The van der Waals surface area contributed by atoms with Crippen molar-refractivity contribution in [1.82, 2.24) is 4.98 Å². The third kappa shape index (κ3) is 3.52. The van der Waals surface area contributed by atoms with E-state index in [0.717, 1.165) is 6.07 Å². The quantitative estimate of drug-likeness (QED) is 0.821. The summed E-state index contributed by atoms with van der Waals surface area (Å²) in [6.45, 7) is 1.48. The lowest BCUT2D eigenvalue weighted by Gasteiger charge is -2.13. The molecule has 4 nitrogen and oxygen atoms in total. The van der Waals surface area contributed by atoms with E-state index in [9.17, 15) is 13.2 Å². The van der Waals surface area contributed by atoms with Gasteiger partial charge in [0.1, 0.15) is 5.75 Å². The van der Waals surface area contributed by atoms with Crippen LogP contribution in [0.15, 0.2) is 6.07 Å². The minimum Gasteiger partial charge on any atom is -0.496 e. The molecule has 92 valence electrons. The number of aryl methyl sites for hydroxylation is 1. The van der Waals surface area contributed by atoms with Crippen molar-refractivity contribution in [3.8, 4) is 17.7 Å². The summed E-state index contributed by atoms with van der Waals surface area (Å²) >= 11 is 0. The number of halogens is 3. The number of ether oxygens (including phenoxy) is 2. The van der Waals surface area contributed by atoms with Gasteiger partial charge in [-0.25, -0.2) is 4.98 Å². The van der Waals surface area contributed by atoms with Crippen LogP contribution in [0, 0.1) is 18.3 Å². The molecule has 0 aliphatic heterocycles. The number of aromatic nitrogens is 1. The van der Waals surface area contributed by atoms with Gasteiger partial charge in [0.15, 0.2) is 0 Å². The van der Waals surface area contributed by atoms with E-state index < -0.39 is 12.2 Å². The number of nitrogens with zero attached hydrogens (tertiary/aromatic N) is 2. The number of hydrogen-bond acceptors (Lipinski definition) is 4. The Morgan fingerprint density at radius 2 is 2.12 bits per heavy atom. The highest BCUT2D eigenvalue weighted by atomic mass is 19.4. The molecule has 0 aromatic carbocycles. The molecule has 0 aliphatic rings. The molecule has 0 unspecified atom stereocenters. The van der Waals surface area contributed by atoms with Gasteiger partial charge in [-0.05, 0) is 6.92 Å². The van der Waals surface area contributed by atoms with Crippen LogP contribution in [0.3, 0.4) is 0 Å². The summed E-state index contributed by atoms with van der Waals surface area (Å²) in [7, 11) is 1.30. The van der Waals surface area contributed by atoms with Crippen molar-refractivity contribution >= 4 is 0 Å². The number of hydrogen-bond donors (Lipinski definition) is 0. The summed E-state index contributed by atoms with van der Waals surface area (Å²) in [5.41, 5.74) is 0.717. The maximum atomic E-state index is 12.0. The highest BCUT2D eigenvalue weighted by Gasteiger charge is 2.32. The molecule has 0 amide bonds. The van der Waals surface area contributed by atoms with Gasteiger partial charge in [0, 0.05) is 17.3 Å². The molecule has 17 heavy (non-hydrogen) atoms.